The second kappa shape index (κ2) is 8.96. The van der Waals surface area contributed by atoms with E-state index in [1.807, 2.05) is 6.07 Å². The molecule has 40 heavy (non-hydrogen) atoms. The minimum Gasteiger partial charge on any atom is -0.307 e. The average Bonchev–Trinajstić information content (AvgIpc) is 3.57. The summed E-state index contributed by atoms with van der Waals surface area (Å²) in [7, 11) is -6.28. The van der Waals surface area contributed by atoms with Crippen LogP contribution in [0.4, 0.5) is 20.2 Å². The molecule has 3 fully saturated rings. The Kier molecular flexibility index (Phi) is 6.18. The number of fused-ring (bicyclic) bond motifs is 2. The van der Waals surface area contributed by atoms with E-state index >= 15 is 0 Å². The summed E-state index contributed by atoms with van der Waals surface area (Å²) in [5, 5.41) is 0. The summed E-state index contributed by atoms with van der Waals surface area (Å²) in [6, 6.07) is 10.2. The Morgan fingerprint density at radius 3 is 2.23 bits per heavy atom. The third-order valence-electron chi connectivity index (χ3n) is 9.43. The van der Waals surface area contributed by atoms with E-state index in [2.05, 4.69) is 4.72 Å². The minimum absolute atomic E-state index is 0.119. The smallest absolute Gasteiger partial charge is 0.258 e. The highest BCUT2D eigenvalue weighted by Crippen LogP contribution is 2.62. The zero-order chi connectivity index (χ0) is 28.7. The third-order valence-corrected chi connectivity index (χ3v) is 11.9. The van der Waals surface area contributed by atoms with Gasteiger partial charge in [0.15, 0.2) is 0 Å². The fraction of sp³-hybridized carbons (Fsp3) is 0.536. The van der Waals surface area contributed by atoms with Gasteiger partial charge in [-0.25, -0.2) is 25.6 Å². The summed E-state index contributed by atoms with van der Waals surface area (Å²) in [6.07, 6.45) is 6.38. The molecule has 1 heterocycles. The second-order valence-electron chi connectivity index (χ2n) is 12.2. The lowest BCUT2D eigenvalue weighted by Gasteiger charge is -2.39. The fourth-order valence-corrected chi connectivity index (χ4v) is 8.64. The van der Waals surface area contributed by atoms with Gasteiger partial charge < -0.3 is 4.90 Å². The molecule has 1 amide bonds. The largest absolute Gasteiger partial charge is 0.307 e. The Morgan fingerprint density at radius 2 is 1.62 bits per heavy atom. The Morgan fingerprint density at radius 1 is 0.975 bits per heavy atom. The first-order chi connectivity index (χ1) is 18.6. The Hall–Kier alpha value is -2.57. The van der Waals surface area contributed by atoms with Crippen LogP contribution < -0.4 is 9.62 Å². The van der Waals surface area contributed by atoms with Crippen molar-refractivity contribution in [2.75, 3.05) is 29.5 Å². The number of rotatable bonds is 6. The van der Waals surface area contributed by atoms with Crippen molar-refractivity contribution in [1.29, 1.82) is 0 Å². The summed E-state index contributed by atoms with van der Waals surface area (Å²) in [5.41, 5.74) is 2.35. The van der Waals surface area contributed by atoms with Gasteiger partial charge in [0.05, 0.1) is 11.2 Å². The fourth-order valence-electron chi connectivity index (χ4n) is 6.69. The van der Waals surface area contributed by atoms with E-state index in [1.165, 1.54) is 38.1 Å². The van der Waals surface area contributed by atoms with Crippen molar-refractivity contribution >= 4 is 37.3 Å². The molecule has 2 aromatic carbocycles. The van der Waals surface area contributed by atoms with Crippen LogP contribution in [-0.2, 0) is 25.5 Å². The van der Waals surface area contributed by atoms with Gasteiger partial charge in [0.1, 0.15) is 0 Å². The molecule has 0 bridgehead atoms. The normalized spacial score (nSPS) is 22.8. The summed E-state index contributed by atoms with van der Waals surface area (Å²) in [6.45, 7) is 0.424. The van der Waals surface area contributed by atoms with Crippen LogP contribution in [0.1, 0.15) is 67.3 Å². The molecule has 3 saturated carbocycles. The van der Waals surface area contributed by atoms with Crippen LogP contribution in [0.25, 0.3) is 0 Å². The van der Waals surface area contributed by atoms with Crippen molar-refractivity contribution in [3.63, 3.8) is 0 Å². The first kappa shape index (κ1) is 27.6. The highest BCUT2D eigenvalue weighted by atomic mass is 32.2. The molecule has 216 valence electrons. The molecule has 0 atom stereocenters. The lowest BCUT2D eigenvalue weighted by molar-refractivity contribution is -0.106. The number of hydrogen-bond acceptors (Lipinski definition) is 5. The van der Waals surface area contributed by atoms with Crippen molar-refractivity contribution in [1.82, 2.24) is 4.31 Å². The molecule has 1 N–H and O–H groups in total. The first-order valence-corrected chi connectivity index (χ1v) is 16.9. The molecule has 1 aliphatic heterocycles. The van der Waals surface area contributed by atoms with Gasteiger partial charge in [0.25, 0.3) is 11.8 Å². The van der Waals surface area contributed by atoms with Gasteiger partial charge in [-0.2, -0.15) is 4.31 Å². The van der Waals surface area contributed by atoms with Gasteiger partial charge in [0.2, 0.25) is 20.0 Å². The monoisotopic (exact) mass is 593 g/mol. The molecule has 0 aromatic heterocycles. The molecule has 0 saturated heterocycles. The third kappa shape index (κ3) is 4.81. The van der Waals surface area contributed by atoms with Gasteiger partial charge in [-0.1, -0.05) is 6.07 Å². The lowest BCUT2D eigenvalue weighted by Crippen LogP contribution is -2.51. The zero-order valence-corrected chi connectivity index (χ0v) is 24.1. The number of nitrogens with zero attached hydrogens (tertiary/aromatic N) is 2. The molecule has 2 aromatic rings. The lowest BCUT2D eigenvalue weighted by atomic mass is 9.66. The van der Waals surface area contributed by atoms with Crippen LogP contribution in [-0.4, -0.2) is 58.9 Å². The van der Waals surface area contributed by atoms with Crippen molar-refractivity contribution < 1.29 is 30.4 Å². The van der Waals surface area contributed by atoms with Crippen molar-refractivity contribution in [3.05, 3.63) is 53.6 Å². The van der Waals surface area contributed by atoms with Crippen LogP contribution in [0.15, 0.2) is 47.4 Å². The van der Waals surface area contributed by atoms with Crippen LogP contribution in [0.5, 0.6) is 0 Å². The van der Waals surface area contributed by atoms with Gasteiger partial charge in [-0.15, -0.1) is 0 Å². The molecule has 4 aliphatic rings. The Balaban J connectivity index is 1.31. The summed E-state index contributed by atoms with van der Waals surface area (Å²) in [4.78, 5) is 15.5. The number of amides is 1. The number of anilines is 2. The maximum absolute atomic E-state index is 13.9. The SMILES string of the molecule is CN(C1CC(F)(F)C1)S(=O)(=O)c1cccc(C(=O)N2CC3(CCC4(CC4)CC3)c3cc(NS(C)(=O)=O)ccc32)c1. The van der Waals surface area contributed by atoms with E-state index in [1.54, 1.807) is 23.1 Å². The van der Waals surface area contributed by atoms with E-state index in [0.717, 1.165) is 41.8 Å². The minimum atomic E-state index is -4.08. The van der Waals surface area contributed by atoms with Gasteiger partial charge in [0, 0.05) is 54.8 Å². The quantitative estimate of drug-likeness (QED) is 0.522. The average molecular weight is 594 g/mol. The topological polar surface area (TPSA) is 104 Å². The summed E-state index contributed by atoms with van der Waals surface area (Å²) >= 11 is 0. The number of sulfonamides is 2. The Labute approximate surface area is 233 Å². The predicted molar refractivity (Wildman–Crippen MR) is 148 cm³/mol. The molecular weight excluding hydrogens is 560 g/mol. The molecule has 3 aliphatic carbocycles. The number of carbonyl (C=O) groups is 1. The van der Waals surface area contributed by atoms with Crippen LogP contribution in [0.2, 0.25) is 0 Å². The predicted octanol–water partition coefficient (Wildman–Crippen LogP) is 4.73. The van der Waals surface area contributed by atoms with Crippen LogP contribution in [0.3, 0.4) is 0 Å². The molecule has 2 spiro atoms. The highest BCUT2D eigenvalue weighted by Gasteiger charge is 2.54. The number of nitrogens with one attached hydrogen (secondary N) is 1. The molecule has 6 rings (SSSR count). The van der Waals surface area contributed by atoms with E-state index in [4.69, 9.17) is 0 Å². The molecule has 0 radical (unpaired) electrons. The van der Waals surface area contributed by atoms with E-state index in [0.29, 0.717) is 23.3 Å². The van der Waals surface area contributed by atoms with E-state index in [-0.39, 0.29) is 21.8 Å². The summed E-state index contributed by atoms with van der Waals surface area (Å²) < 4.78 is 80.6. The maximum atomic E-state index is 13.9. The number of alkyl halides is 2. The Bertz CT molecular complexity index is 1590. The molecule has 12 heteroatoms. The molecule has 0 unspecified atom stereocenters. The number of halogens is 2. The van der Waals surface area contributed by atoms with E-state index < -0.39 is 44.9 Å². The molecular formula is C28H33F2N3O5S2. The zero-order valence-electron chi connectivity index (χ0n) is 22.5. The van der Waals surface area contributed by atoms with Gasteiger partial charge in [-0.05, 0) is 85.9 Å². The van der Waals surface area contributed by atoms with Crippen LogP contribution in [0, 0.1) is 5.41 Å². The van der Waals surface area contributed by atoms with Gasteiger partial charge in [-0.3, -0.25) is 9.52 Å². The maximum Gasteiger partial charge on any atom is 0.258 e. The summed E-state index contributed by atoms with van der Waals surface area (Å²) in [5.74, 6) is -3.22. The number of benzene rings is 2. The number of carbonyl (C=O) groups excluding carboxylic acids is 1. The molecule has 8 nitrogen and oxygen atoms in total. The van der Waals surface area contributed by atoms with E-state index in [9.17, 15) is 30.4 Å². The van der Waals surface area contributed by atoms with Crippen molar-refractivity contribution in [2.24, 2.45) is 5.41 Å². The number of hydrogen-bond donors (Lipinski definition) is 1. The second-order valence-corrected chi connectivity index (χ2v) is 16.0. The first-order valence-electron chi connectivity index (χ1n) is 13.5. The highest BCUT2D eigenvalue weighted by molar-refractivity contribution is 7.92. The van der Waals surface area contributed by atoms with Gasteiger partial charge >= 0.3 is 0 Å². The van der Waals surface area contributed by atoms with Crippen molar-refractivity contribution in [2.45, 2.75) is 73.6 Å². The standard InChI is InChI=1S/C28H33F2N3O5S2/c1-32(21-16-28(29,30)17-21)40(37,38)22-5-3-4-19(14-22)25(34)33-18-27(12-10-26(8-9-26)11-13-27)23-15-20(6-7-24(23)33)31-39(2,35)36/h3-7,14-15,21,31H,8-13,16-18H2,1-2H3. The van der Waals surface area contributed by atoms with Crippen LogP contribution >= 0.6 is 0 Å². The van der Waals surface area contributed by atoms with Crippen molar-refractivity contribution in [3.8, 4) is 0 Å².